The van der Waals surface area contributed by atoms with Gasteiger partial charge in [-0.15, -0.1) is 0 Å². The third-order valence-corrected chi connectivity index (χ3v) is 2.27. The van der Waals surface area contributed by atoms with Crippen molar-refractivity contribution in [1.29, 1.82) is 0 Å². The second kappa shape index (κ2) is 3.33. The van der Waals surface area contributed by atoms with Gasteiger partial charge in [0.2, 0.25) is 0 Å². The molecule has 2 rings (SSSR count). The van der Waals surface area contributed by atoms with Gasteiger partial charge < -0.3 is 9.47 Å². The van der Waals surface area contributed by atoms with E-state index in [9.17, 15) is 4.79 Å². The molecule has 0 amide bonds. The molecule has 0 atom stereocenters. The van der Waals surface area contributed by atoms with Crippen LogP contribution in [0.4, 0.5) is 0 Å². The topological polar surface area (TPSA) is 35.5 Å². The van der Waals surface area contributed by atoms with Gasteiger partial charge in [-0.3, -0.25) is 4.79 Å². The van der Waals surface area contributed by atoms with E-state index in [-0.39, 0.29) is 5.78 Å². The predicted molar refractivity (Wildman–Crippen MR) is 52.2 cm³/mol. The third kappa shape index (κ3) is 1.35. The van der Waals surface area contributed by atoms with Crippen molar-refractivity contribution in [3.63, 3.8) is 0 Å². The van der Waals surface area contributed by atoms with Crippen LogP contribution in [-0.4, -0.2) is 19.0 Å². The molecule has 3 nitrogen and oxygen atoms in total. The molecule has 1 aromatic carbocycles. The number of aryl methyl sites for hydroxylation is 1. The number of fused-ring (bicyclic) bond motifs is 1. The molecule has 0 unspecified atom stereocenters. The Kier molecular flexibility index (Phi) is 2.15. The first kappa shape index (κ1) is 9.06. The van der Waals surface area contributed by atoms with Gasteiger partial charge >= 0.3 is 0 Å². The zero-order valence-corrected chi connectivity index (χ0v) is 8.29. The minimum absolute atomic E-state index is 0.0184. The highest BCUT2D eigenvalue weighted by atomic mass is 16.6. The average Bonchev–Trinajstić information content (AvgIpc) is 2.17. The largest absolute Gasteiger partial charge is 0.486 e. The van der Waals surface area contributed by atoms with Gasteiger partial charge in [-0.2, -0.15) is 0 Å². The van der Waals surface area contributed by atoms with Gasteiger partial charge in [0.1, 0.15) is 13.2 Å². The minimum Gasteiger partial charge on any atom is -0.486 e. The summed E-state index contributed by atoms with van der Waals surface area (Å²) >= 11 is 0. The van der Waals surface area contributed by atoms with Crippen molar-refractivity contribution in [2.75, 3.05) is 13.2 Å². The van der Waals surface area contributed by atoms with Gasteiger partial charge in [-0.25, -0.2) is 0 Å². The van der Waals surface area contributed by atoms with Crippen molar-refractivity contribution >= 4 is 5.78 Å². The Morgan fingerprint density at radius 2 is 2.00 bits per heavy atom. The van der Waals surface area contributed by atoms with E-state index in [4.69, 9.17) is 9.47 Å². The van der Waals surface area contributed by atoms with Gasteiger partial charge in [0, 0.05) is 0 Å². The van der Waals surface area contributed by atoms with Crippen molar-refractivity contribution < 1.29 is 14.3 Å². The summed E-state index contributed by atoms with van der Waals surface area (Å²) in [6.45, 7) is 4.50. The fraction of sp³-hybridized carbons (Fsp3) is 0.364. The molecule has 0 radical (unpaired) electrons. The SMILES string of the molecule is CC(=O)c1c(C)ccc2c1OCCO2. The van der Waals surface area contributed by atoms with Crippen LogP contribution in [0.3, 0.4) is 0 Å². The van der Waals surface area contributed by atoms with E-state index in [1.807, 2.05) is 19.1 Å². The van der Waals surface area contributed by atoms with Crippen LogP contribution in [0.15, 0.2) is 12.1 Å². The van der Waals surface area contributed by atoms with Crippen LogP contribution in [0.1, 0.15) is 22.8 Å². The van der Waals surface area contributed by atoms with Crippen LogP contribution in [0, 0.1) is 6.92 Å². The molecule has 1 heterocycles. The van der Waals surface area contributed by atoms with E-state index < -0.39 is 0 Å². The van der Waals surface area contributed by atoms with Crippen LogP contribution >= 0.6 is 0 Å². The first-order valence-corrected chi connectivity index (χ1v) is 4.60. The highest BCUT2D eigenvalue weighted by Crippen LogP contribution is 2.35. The smallest absolute Gasteiger partial charge is 0.172 e. The number of benzene rings is 1. The Hall–Kier alpha value is -1.51. The zero-order chi connectivity index (χ0) is 10.1. The molecule has 3 heteroatoms. The molecule has 74 valence electrons. The van der Waals surface area contributed by atoms with E-state index >= 15 is 0 Å². The van der Waals surface area contributed by atoms with Crippen molar-refractivity contribution in [1.82, 2.24) is 0 Å². The van der Waals surface area contributed by atoms with Crippen LogP contribution < -0.4 is 9.47 Å². The lowest BCUT2D eigenvalue weighted by Crippen LogP contribution is -2.18. The molecule has 14 heavy (non-hydrogen) atoms. The van der Waals surface area contributed by atoms with Gasteiger partial charge in [0.25, 0.3) is 0 Å². The number of Topliss-reactive ketones (excluding diaryl/α,β-unsaturated/α-hetero) is 1. The maximum atomic E-state index is 11.4. The second-order valence-corrected chi connectivity index (χ2v) is 3.34. The summed E-state index contributed by atoms with van der Waals surface area (Å²) in [5, 5.41) is 0. The van der Waals surface area contributed by atoms with Crippen LogP contribution in [-0.2, 0) is 0 Å². The first-order chi connectivity index (χ1) is 6.70. The lowest BCUT2D eigenvalue weighted by Gasteiger charge is -2.21. The van der Waals surface area contributed by atoms with Gasteiger partial charge in [-0.05, 0) is 25.5 Å². The highest BCUT2D eigenvalue weighted by molar-refractivity contribution is 5.99. The van der Waals surface area contributed by atoms with Gasteiger partial charge in [0.05, 0.1) is 5.56 Å². The van der Waals surface area contributed by atoms with Crippen LogP contribution in [0.5, 0.6) is 11.5 Å². The summed E-state index contributed by atoms with van der Waals surface area (Å²) in [5.74, 6) is 1.29. The Morgan fingerprint density at radius 1 is 1.29 bits per heavy atom. The molecule has 1 aliphatic heterocycles. The molecule has 0 spiro atoms. The maximum Gasteiger partial charge on any atom is 0.172 e. The fourth-order valence-corrected chi connectivity index (χ4v) is 1.65. The maximum absolute atomic E-state index is 11.4. The van der Waals surface area contributed by atoms with E-state index in [0.717, 1.165) is 5.56 Å². The number of hydrogen-bond acceptors (Lipinski definition) is 3. The minimum atomic E-state index is 0.0184. The molecule has 0 aliphatic carbocycles. The van der Waals surface area contributed by atoms with Crippen molar-refractivity contribution in [2.45, 2.75) is 13.8 Å². The molecule has 0 bridgehead atoms. The average molecular weight is 192 g/mol. The normalized spacial score (nSPS) is 13.9. The van der Waals surface area contributed by atoms with Gasteiger partial charge in [-0.1, -0.05) is 6.07 Å². The summed E-state index contributed by atoms with van der Waals surface area (Å²) in [5.41, 5.74) is 1.57. The lowest BCUT2D eigenvalue weighted by atomic mass is 10.0. The Bertz CT molecular complexity index is 382. The summed E-state index contributed by atoms with van der Waals surface area (Å²) in [4.78, 5) is 11.4. The van der Waals surface area contributed by atoms with Crippen molar-refractivity contribution in [2.24, 2.45) is 0 Å². The molecule has 0 aromatic heterocycles. The van der Waals surface area contributed by atoms with E-state index in [1.54, 1.807) is 6.92 Å². The number of hydrogen-bond donors (Lipinski definition) is 0. The number of ketones is 1. The molecule has 1 aliphatic rings. The summed E-state index contributed by atoms with van der Waals surface area (Å²) in [7, 11) is 0. The quantitative estimate of drug-likeness (QED) is 0.638. The Morgan fingerprint density at radius 3 is 2.71 bits per heavy atom. The second-order valence-electron chi connectivity index (χ2n) is 3.34. The number of carbonyl (C=O) groups excluding carboxylic acids is 1. The van der Waals surface area contributed by atoms with Crippen LogP contribution in [0.25, 0.3) is 0 Å². The third-order valence-electron chi connectivity index (χ3n) is 2.27. The molecule has 0 saturated heterocycles. The molecular formula is C11H12O3. The zero-order valence-electron chi connectivity index (χ0n) is 8.29. The molecule has 0 saturated carbocycles. The van der Waals surface area contributed by atoms with E-state index in [2.05, 4.69) is 0 Å². The van der Waals surface area contributed by atoms with Crippen molar-refractivity contribution in [3.05, 3.63) is 23.3 Å². The molecule has 0 fully saturated rings. The molecular weight excluding hydrogens is 180 g/mol. The monoisotopic (exact) mass is 192 g/mol. The van der Waals surface area contributed by atoms with E-state index in [1.165, 1.54) is 0 Å². The van der Waals surface area contributed by atoms with E-state index in [0.29, 0.717) is 30.3 Å². The van der Waals surface area contributed by atoms with Gasteiger partial charge in [0.15, 0.2) is 17.3 Å². The fourth-order valence-electron chi connectivity index (χ4n) is 1.65. The standard InChI is InChI=1S/C11H12O3/c1-7-3-4-9-11(10(7)8(2)12)14-6-5-13-9/h3-4H,5-6H2,1-2H3. The summed E-state index contributed by atoms with van der Waals surface area (Å²) in [6.07, 6.45) is 0. The molecule has 0 N–H and O–H groups in total. The Balaban J connectivity index is 2.60. The highest BCUT2D eigenvalue weighted by Gasteiger charge is 2.20. The first-order valence-electron chi connectivity index (χ1n) is 4.60. The summed E-state index contributed by atoms with van der Waals surface area (Å²) in [6, 6.07) is 3.72. The van der Waals surface area contributed by atoms with Crippen LogP contribution in [0.2, 0.25) is 0 Å². The molecule has 1 aromatic rings. The lowest BCUT2D eigenvalue weighted by molar-refractivity contribution is 0.100. The predicted octanol–water partition coefficient (Wildman–Crippen LogP) is 1.97. The number of carbonyl (C=O) groups is 1. The number of ether oxygens (including phenoxy) is 2. The number of rotatable bonds is 1. The Labute approximate surface area is 82.6 Å². The summed E-state index contributed by atoms with van der Waals surface area (Å²) < 4.78 is 10.8. The van der Waals surface area contributed by atoms with Crippen molar-refractivity contribution in [3.8, 4) is 11.5 Å².